The van der Waals surface area contributed by atoms with Gasteiger partial charge in [-0.05, 0) is 37.9 Å². The Kier molecular flexibility index (Phi) is 3.54. The molecule has 3 nitrogen and oxygen atoms in total. The van der Waals surface area contributed by atoms with E-state index in [1.54, 1.807) is 0 Å². The molecule has 0 spiro atoms. The number of aromatic nitrogens is 1. The Morgan fingerprint density at radius 2 is 2.07 bits per heavy atom. The third kappa shape index (κ3) is 2.27. The maximum absolute atomic E-state index is 12.4. The van der Waals surface area contributed by atoms with E-state index in [-0.39, 0.29) is 9.08 Å². The molecule has 0 aromatic carbocycles. The van der Waals surface area contributed by atoms with Crippen LogP contribution in [-0.2, 0) is 0 Å². The van der Waals surface area contributed by atoms with E-state index < -0.39 is 23.7 Å². The molecular formula is C7H3Br2F2NO2. The molecule has 1 aromatic heterocycles. The van der Waals surface area contributed by atoms with Crippen molar-refractivity contribution in [1.82, 2.24) is 4.98 Å². The minimum atomic E-state index is -2.75. The van der Waals surface area contributed by atoms with E-state index in [1.807, 2.05) is 0 Å². The lowest BCUT2D eigenvalue weighted by molar-refractivity contribution is 0.0688. The van der Waals surface area contributed by atoms with Crippen molar-refractivity contribution >= 4 is 37.8 Å². The highest BCUT2D eigenvalue weighted by Gasteiger charge is 2.20. The number of carbonyl (C=O) groups is 1. The summed E-state index contributed by atoms with van der Waals surface area (Å²) in [6.07, 6.45) is -2.75. The van der Waals surface area contributed by atoms with E-state index in [9.17, 15) is 13.6 Å². The topological polar surface area (TPSA) is 50.2 Å². The fourth-order valence-electron chi connectivity index (χ4n) is 0.817. The first kappa shape index (κ1) is 11.5. The summed E-state index contributed by atoms with van der Waals surface area (Å²) >= 11 is 5.63. The van der Waals surface area contributed by atoms with Crippen LogP contribution in [0.25, 0.3) is 0 Å². The molecule has 0 aliphatic carbocycles. The predicted octanol–water partition coefficient (Wildman–Crippen LogP) is 3.24. The van der Waals surface area contributed by atoms with Gasteiger partial charge >= 0.3 is 5.97 Å². The number of carboxylic acids is 1. The van der Waals surface area contributed by atoms with Gasteiger partial charge in [0, 0.05) is 5.56 Å². The molecule has 1 heterocycles. The molecule has 14 heavy (non-hydrogen) atoms. The monoisotopic (exact) mass is 329 g/mol. The summed E-state index contributed by atoms with van der Waals surface area (Å²) in [6.45, 7) is 0. The Morgan fingerprint density at radius 3 is 2.50 bits per heavy atom. The lowest BCUT2D eigenvalue weighted by atomic mass is 10.2. The van der Waals surface area contributed by atoms with Crippen LogP contribution in [0.5, 0.6) is 0 Å². The van der Waals surface area contributed by atoms with E-state index in [1.165, 1.54) is 0 Å². The summed E-state index contributed by atoms with van der Waals surface area (Å²) in [7, 11) is 0. The molecule has 1 N–H and O–H groups in total. The second-order valence-electron chi connectivity index (χ2n) is 2.30. The summed E-state index contributed by atoms with van der Waals surface area (Å²) in [4.78, 5) is 14.1. The first-order chi connectivity index (χ1) is 6.43. The van der Waals surface area contributed by atoms with E-state index in [4.69, 9.17) is 5.11 Å². The van der Waals surface area contributed by atoms with Crippen LogP contribution in [0.4, 0.5) is 8.78 Å². The fourth-order valence-corrected chi connectivity index (χ4v) is 1.79. The summed E-state index contributed by atoms with van der Waals surface area (Å²) in [5.41, 5.74) is -0.834. The van der Waals surface area contributed by atoms with Gasteiger partial charge in [-0.1, -0.05) is 0 Å². The van der Waals surface area contributed by atoms with Gasteiger partial charge in [0.05, 0.1) is 4.47 Å². The zero-order chi connectivity index (χ0) is 10.9. The molecule has 7 heteroatoms. The van der Waals surface area contributed by atoms with Crippen molar-refractivity contribution in [3.63, 3.8) is 0 Å². The quantitative estimate of drug-likeness (QED) is 0.847. The number of alkyl halides is 2. The Labute approximate surface area is 94.4 Å². The number of pyridine rings is 1. The first-order valence-electron chi connectivity index (χ1n) is 3.31. The lowest BCUT2D eigenvalue weighted by Crippen LogP contribution is -2.04. The number of halogens is 4. The van der Waals surface area contributed by atoms with Gasteiger partial charge in [-0.3, -0.25) is 0 Å². The number of carboxylic acid groups (broad SMARTS) is 1. The Hall–Kier alpha value is -0.560. The van der Waals surface area contributed by atoms with Crippen LogP contribution in [0.2, 0.25) is 0 Å². The first-order valence-corrected chi connectivity index (χ1v) is 4.89. The summed E-state index contributed by atoms with van der Waals surface area (Å²) in [6, 6.07) is 1.07. The van der Waals surface area contributed by atoms with Gasteiger partial charge in [-0.2, -0.15) is 0 Å². The molecule has 0 aliphatic rings. The van der Waals surface area contributed by atoms with Gasteiger partial charge in [-0.25, -0.2) is 18.6 Å². The molecule has 0 amide bonds. The highest BCUT2D eigenvalue weighted by Crippen LogP contribution is 2.31. The molecule has 0 fully saturated rings. The molecule has 0 unspecified atom stereocenters. The zero-order valence-electron chi connectivity index (χ0n) is 6.47. The van der Waals surface area contributed by atoms with E-state index in [2.05, 4.69) is 36.8 Å². The average molecular weight is 331 g/mol. The molecular weight excluding hydrogens is 328 g/mol. The van der Waals surface area contributed by atoms with Crippen LogP contribution < -0.4 is 0 Å². The van der Waals surface area contributed by atoms with Crippen LogP contribution in [-0.4, -0.2) is 16.1 Å². The molecule has 1 rings (SSSR count). The van der Waals surface area contributed by atoms with Gasteiger partial charge in [0.2, 0.25) is 0 Å². The zero-order valence-corrected chi connectivity index (χ0v) is 9.64. The standard InChI is InChI=1S/C7H3Br2F2NO2/c8-3-1-2(6(10)11)4(9)5(12-3)7(13)14/h1,6H,(H,13,14). The highest BCUT2D eigenvalue weighted by molar-refractivity contribution is 9.11. The van der Waals surface area contributed by atoms with Crippen molar-refractivity contribution in [2.75, 3.05) is 0 Å². The summed E-state index contributed by atoms with van der Waals surface area (Å²) in [5.74, 6) is -1.36. The minimum Gasteiger partial charge on any atom is -0.476 e. The van der Waals surface area contributed by atoms with Gasteiger partial charge in [0.1, 0.15) is 4.60 Å². The van der Waals surface area contributed by atoms with Crippen molar-refractivity contribution in [2.24, 2.45) is 0 Å². The average Bonchev–Trinajstić information content (AvgIpc) is 2.07. The van der Waals surface area contributed by atoms with E-state index in [0.29, 0.717) is 0 Å². The third-order valence-corrected chi connectivity index (χ3v) is 2.63. The highest BCUT2D eigenvalue weighted by atomic mass is 79.9. The Balaban J connectivity index is 3.40. The van der Waals surface area contributed by atoms with Crippen molar-refractivity contribution in [1.29, 1.82) is 0 Å². The lowest BCUT2D eigenvalue weighted by Gasteiger charge is -2.06. The molecule has 0 saturated carbocycles. The number of hydrogen-bond acceptors (Lipinski definition) is 2. The predicted molar refractivity (Wildman–Crippen MR) is 51.6 cm³/mol. The maximum Gasteiger partial charge on any atom is 0.355 e. The number of aromatic carboxylic acids is 1. The van der Waals surface area contributed by atoms with Crippen LogP contribution in [0.15, 0.2) is 15.1 Å². The van der Waals surface area contributed by atoms with Gasteiger partial charge in [0.15, 0.2) is 5.69 Å². The third-order valence-electron chi connectivity index (χ3n) is 1.39. The number of rotatable bonds is 2. The molecule has 0 saturated heterocycles. The van der Waals surface area contributed by atoms with Crippen LogP contribution in [0.3, 0.4) is 0 Å². The van der Waals surface area contributed by atoms with Crippen molar-refractivity contribution in [2.45, 2.75) is 6.43 Å². The minimum absolute atomic E-state index is 0.0633. The van der Waals surface area contributed by atoms with Crippen molar-refractivity contribution in [3.8, 4) is 0 Å². The Bertz CT molecular complexity index is 384. The van der Waals surface area contributed by atoms with Crippen LogP contribution >= 0.6 is 31.9 Å². The number of hydrogen-bond donors (Lipinski definition) is 1. The largest absolute Gasteiger partial charge is 0.476 e. The smallest absolute Gasteiger partial charge is 0.355 e. The van der Waals surface area contributed by atoms with E-state index >= 15 is 0 Å². The molecule has 0 bridgehead atoms. The second-order valence-corrected chi connectivity index (χ2v) is 3.91. The van der Waals surface area contributed by atoms with Gasteiger partial charge < -0.3 is 5.11 Å². The Morgan fingerprint density at radius 1 is 1.50 bits per heavy atom. The summed E-state index contributed by atoms with van der Waals surface area (Å²) < 4.78 is 24.6. The fraction of sp³-hybridized carbons (Fsp3) is 0.143. The van der Waals surface area contributed by atoms with Crippen molar-refractivity contribution in [3.05, 3.63) is 26.4 Å². The SMILES string of the molecule is O=C(O)c1nc(Br)cc(C(F)F)c1Br. The van der Waals surface area contributed by atoms with Gasteiger partial charge in [-0.15, -0.1) is 0 Å². The van der Waals surface area contributed by atoms with Crippen LogP contribution in [0, 0.1) is 0 Å². The maximum atomic E-state index is 12.4. The van der Waals surface area contributed by atoms with Gasteiger partial charge in [0.25, 0.3) is 6.43 Å². The molecule has 0 atom stereocenters. The van der Waals surface area contributed by atoms with Crippen molar-refractivity contribution < 1.29 is 18.7 Å². The normalized spacial score (nSPS) is 10.6. The summed E-state index contributed by atoms with van der Waals surface area (Å²) in [5, 5.41) is 8.64. The number of nitrogens with zero attached hydrogens (tertiary/aromatic N) is 1. The molecule has 76 valence electrons. The molecule has 0 radical (unpaired) electrons. The second kappa shape index (κ2) is 4.31. The molecule has 1 aromatic rings. The molecule has 0 aliphatic heterocycles. The van der Waals surface area contributed by atoms with E-state index in [0.717, 1.165) is 6.07 Å². The van der Waals surface area contributed by atoms with Crippen LogP contribution in [0.1, 0.15) is 22.5 Å².